The summed E-state index contributed by atoms with van der Waals surface area (Å²) in [4.78, 5) is 10.1. The van der Waals surface area contributed by atoms with E-state index in [2.05, 4.69) is 46.4 Å². The van der Waals surface area contributed by atoms with Gasteiger partial charge < -0.3 is 14.5 Å². The van der Waals surface area contributed by atoms with E-state index in [1.165, 1.54) is 0 Å². The largest absolute Gasteiger partial charge is 0.329 e. The zero-order valence-corrected chi connectivity index (χ0v) is 12.9. The number of imidazole rings is 1. The van der Waals surface area contributed by atoms with Crippen LogP contribution in [0, 0.1) is 11.7 Å². The van der Waals surface area contributed by atoms with Crippen molar-refractivity contribution in [1.82, 2.24) is 19.4 Å². The number of pyridine rings is 1. The average Bonchev–Trinajstić information content (AvgIpc) is 2.64. The van der Waals surface area contributed by atoms with Crippen LogP contribution in [0.1, 0.15) is 25.8 Å². The maximum Gasteiger partial charge on any atom is 0.179 e. The molecular weight excluding hydrogens is 256 g/mol. The number of rotatable bonds is 5. The summed E-state index contributed by atoms with van der Waals surface area (Å²) in [6.45, 7) is 8.44. The molecule has 0 aliphatic rings. The van der Waals surface area contributed by atoms with Gasteiger partial charge in [0.1, 0.15) is 0 Å². The lowest BCUT2D eigenvalue weighted by atomic mass is 10.3. The van der Waals surface area contributed by atoms with Gasteiger partial charge in [-0.05, 0) is 64.6 Å². The Morgan fingerprint density at radius 3 is 2.89 bits per heavy atom. The van der Waals surface area contributed by atoms with Crippen molar-refractivity contribution in [3.63, 3.8) is 0 Å². The van der Waals surface area contributed by atoms with Crippen LogP contribution in [0.15, 0.2) is 12.3 Å². The van der Waals surface area contributed by atoms with Crippen molar-refractivity contribution in [2.24, 2.45) is 0 Å². The Balaban J connectivity index is 2.13. The molecule has 0 saturated carbocycles. The van der Waals surface area contributed by atoms with Crippen molar-refractivity contribution in [2.75, 3.05) is 13.6 Å². The Morgan fingerprint density at radius 1 is 1.47 bits per heavy atom. The summed E-state index contributed by atoms with van der Waals surface area (Å²) in [6.07, 6.45) is 2.97. The summed E-state index contributed by atoms with van der Waals surface area (Å²) in [7, 11) is 2.15. The molecule has 0 atom stereocenters. The van der Waals surface area contributed by atoms with Crippen LogP contribution in [-0.4, -0.2) is 39.1 Å². The van der Waals surface area contributed by atoms with Crippen molar-refractivity contribution in [3.05, 3.63) is 22.6 Å². The molecule has 19 heavy (non-hydrogen) atoms. The van der Waals surface area contributed by atoms with Gasteiger partial charge in [0, 0.05) is 18.8 Å². The summed E-state index contributed by atoms with van der Waals surface area (Å²) >= 11 is 5.38. The molecular formula is C14H22N4S. The van der Waals surface area contributed by atoms with Crippen LogP contribution in [0.4, 0.5) is 0 Å². The fourth-order valence-electron chi connectivity index (χ4n) is 2.09. The molecule has 2 heterocycles. The Bertz CT molecular complexity index is 611. The van der Waals surface area contributed by atoms with E-state index in [9.17, 15) is 0 Å². The van der Waals surface area contributed by atoms with Gasteiger partial charge in [0.05, 0.1) is 5.52 Å². The van der Waals surface area contributed by atoms with Crippen molar-refractivity contribution < 1.29 is 0 Å². The number of hydrogen-bond acceptors (Lipinski definition) is 3. The number of aromatic amines is 1. The van der Waals surface area contributed by atoms with E-state index in [0.717, 1.165) is 41.0 Å². The van der Waals surface area contributed by atoms with E-state index in [-0.39, 0.29) is 0 Å². The van der Waals surface area contributed by atoms with Crippen LogP contribution >= 0.6 is 12.2 Å². The predicted molar refractivity (Wildman–Crippen MR) is 82.0 cm³/mol. The van der Waals surface area contributed by atoms with Crippen LogP contribution in [0.5, 0.6) is 0 Å². The molecule has 0 fully saturated rings. The maximum atomic E-state index is 5.38. The molecule has 0 saturated heterocycles. The molecule has 0 aliphatic carbocycles. The molecule has 0 aromatic carbocycles. The van der Waals surface area contributed by atoms with E-state index in [4.69, 9.17) is 12.2 Å². The Labute approximate surface area is 119 Å². The number of aryl methyl sites for hydroxylation is 2. The molecule has 1 N–H and O–H groups in total. The highest BCUT2D eigenvalue weighted by molar-refractivity contribution is 7.71. The SMILES string of the molecule is Cc1cnc2c(c1)[nH]c(=S)n2CCCN(C)C(C)C. The first-order valence-corrected chi connectivity index (χ1v) is 7.15. The first-order chi connectivity index (χ1) is 8.99. The zero-order valence-electron chi connectivity index (χ0n) is 12.1. The minimum absolute atomic E-state index is 0.580. The summed E-state index contributed by atoms with van der Waals surface area (Å²) in [6, 6.07) is 2.67. The Morgan fingerprint density at radius 2 is 2.21 bits per heavy atom. The molecule has 0 spiro atoms. The molecule has 0 amide bonds. The van der Waals surface area contributed by atoms with Crippen molar-refractivity contribution in [3.8, 4) is 0 Å². The standard InChI is InChI=1S/C14H22N4S/c1-10(2)17(4)6-5-7-18-13-12(16-14(18)19)8-11(3)9-15-13/h8-10H,5-7H2,1-4H3,(H,16,19). The predicted octanol–water partition coefficient (Wildman–Crippen LogP) is 3.13. The zero-order chi connectivity index (χ0) is 14.0. The second-order valence-corrected chi connectivity index (χ2v) is 5.78. The average molecular weight is 278 g/mol. The van der Waals surface area contributed by atoms with Gasteiger partial charge in [-0.3, -0.25) is 0 Å². The van der Waals surface area contributed by atoms with E-state index in [0.29, 0.717) is 6.04 Å². The number of nitrogens with one attached hydrogen (secondary N) is 1. The lowest BCUT2D eigenvalue weighted by molar-refractivity contribution is 0.265. The monoisotopic (exact) mass is 278 g/mol. The topological polar surface area (TPSA) is 36.9 Å². The lowest BCUT2D eigenvalue weighted by Gasteiger charge is -2.20. The molecule has 2 rings (SSSR count). The fourth-order valence-corrected chi connectivity index (χ4v) is 2.38. The fraction of sp³-hybridized carbons (Fsp3) is 0.571. The van der Waals surface area contributed by atoms with E-state index >= 15 is 0 Å². The summed E-state index contributed by atoms with van der Waals surface area (Å²) in [5.74, 6) is 0. The van der Waals surface area contributed by atoms with Gasteiger partial charge in [-0.2, -0.15) is 0 Å². The number of aromatic nitrogens is 3. The number of H-pyrrole nitrogens is 1. The molecule has 104 valence electrons. The van der Waals surface area contributed by atoms with Crippen molar-refractivity contribution in [1.29, 1.82) is 0 Å². The van der Waals surface area contributed by atoms with Crippen LogP contribution in [-0.2, 0) is 6.54 Å². The van der Waals surface area contributed by atoms with Gasteiger partial charge in [-0.1, -0.05) is 0 Å². The van der Waals surface area contributed by atoms with E-state index in [1.54, 1.807) is 0 Å². The van der Waals surface area contributed by atoms with E-state index < -0.39 is 0 Å². The first kappa shape index (κ1) is 14.2. The second-order valence-electron chi connectivity index (χ2n) is 5.39. The Hall–Kier alpha value is -1.20. The smallest absolute Gasteiger partial charge is 0.179 e. The molecule has 2 aromatic heterocycles. The summed E-state index contributed by atoms with van der Waals surface area (Å²) < 4.78 is 2.86. The van der Waals surface area contributed by atoms with Gasteiger partial charge in [-0.15, -0.1) is 0 Å². The molecule has 0 aliphatic heterocycles. The van der Waals surface area contributed by atoms with E-state index in [1.807, 2.05) is 13.1 Å². The summed E-state index contributed by atoms with van der Waals surface area (Å²) in [5, 5.41) is 0. The molecule has 0 bridgehead atoms. The molecule has 2 aromatic rings. The van der Waals surface area contributed by atoms with Gasteiger partial charge in [0.2, 0.25) is 0 Å². The minimum atomic E-state index is 0.580. The van der Waals surface area contributed by atoms with Gasteiger partial charge >= 0.3 is 0 Å². The molecule has 0 radical (unpaired) electrons. The highest BCUT2D eigenvalue weighted by Gasteiger charge is 2.07. The minimum Gasteiger partial charge on any atom is -0.329 e. The third kappa shape index (κ3) is 3.22. The van der Waals surface area contributed by atoms with Gasteiger partial charge in [0.15, 0.2) is 10.4 Å². The van der Waals surface area contributed by atoms with Gasteiger partial charge in [0.25, 0.3) is 0 Å². The highest BCUT2D eigenvalue weighted by Crippen LogP contribution is 2.13. The normalized spacial score (nSPS) is 11.9. The molecule has 4 nitrogen and oxygen atoms in total. The number of fused-ring (bicyclic) bond motifs is 1. The van der Waals surface area contributed by atoms with Crippen molar-refractivity contribution >= 4 is 23.4 Å². The van der Waals surface area contributed by atoms with Gasteiger partial charge in [-0.25, -0.2) is 4.98 Å². The van der Waals surface area contributed by atoms with Crippen LogP contribution < -0.4 is 0 Å². The van der Waals surface area contributed by atoms with Crippen LogP contribution in [0.2, 0.25) is 0 Å². The quantitative estimate of drug-likeness (QED) is 0.854. The molecule has 0 unspecified atom stereocenters. The number of nitrogens with zero attached hydrogens (tertiary/aromatic N) is 3. The number of hydrogen-bond donors (Lipinski definition) is 1. The van der Waals surface area contributed by atoms with Crippen LogP contribution in [0.3, 0.4) is 0 Å². The summed E-state index contributed by atoms with van der Waals surface area (Å²) in [5.41, 5.74) is 3.14. The second kappa shape index (κ2) is 5.84. The lowest BCUT2D eigenvalue weighted by Crippen LogP contribution is -2.27. The maximum absolute atomic E-state index is 5.38. The third-order valence-electron chi connectivity index (χ3n) is 3.52. The van der Waals surface area contributed by atoms with Crippen LogP contribution in [0.25, 0.3) is 11.2 Å². The van der Waals surface area contributed by atoms with Crippen molar-refractivity contribution in [2.45, 2.75) is 39.8 Å². The molecule has 5 heteroatoms. The highest BCUT2D eigenvalue weighted by atomic mass is 32.1. The first-order valence-electron chi connectivity index (χ1n) is 6.74. The third-order valence-corrected chi connectivity index (χ3v) is 3.84. The Kier molecular flexibility index (Phi) is 4.37.